The van der Waals surface area contributed by atoms with Gasteiger partial charge in [-0.05, 0) is 107 Å². The molecule has 8 nitrogen and oxygen atoms in total. The number of carbonyl (C=O) groups excluding carboxylic acids is 2. The maximum Gasteiger partial charge on any atom is 0.337 e. The van der Waals surface area contributed by atoms with Crippen molar-refractivity contribution in [2.45, 2.75) is 66.6 Å². The van der Waals surface area contributed by atoms with Crippen molar-refractivity contribution in [2.24, 2.45) is 10.8 Å². The summed E-state index contributed by atoms with van der Waals surface area (Å²) in [6, 6.07) is 18.9. The molecule has 0 saturated heterocycles. The molecule has 0 fully saturated rings. The van der Waals surface area contributed by atoms with E-state index in [9.17, 15) is 23.5 Å². The summed E-state index contributed by atoms with van der Waals surface area (Å²) in [6.07, 6.45) is 0.315. The molecule has 0 aliphatic heterocycles. The summed E-state index contributed by atoms with van der Waals surface area (Å²) >= 11 is 0. The molecule has 0 amide bonds. The fourth-order valence-electron chi connectivity index (χ4n) is 5.89. The minimum atomic E-state index is -0.891. The van der Waals surface area contributed by atoms with Gasteiger partial charge in [-0.15, -0.1) is 0 Å². The maximum atomic E-state index is 14.7. The molecule has 0 radical (unpaired) electrons. The number of esters is 2. The minimum absolute atomic E-state index is 0.229. The zero-order valence-electron chi connectivity index (χ0n) is 32.6. The Morgan fingerprint density at radius 2 is 1.02 bits per heavy atom. The summed E-state index contributed by atoms with van der Waals surface area (Å²) in [7, 11) is 7.30. The molecule has 0 spiro atoms. The lowest BCUT2D eigenvalue weighted by Gasteiger charge is -2.34. The molecular formula is C43H52F2O8. The van der Waals surface area contributed by atoms with E-state index in [1.54, 1.807) is 61.7 Å². The normalized spacial score (nSPS) is 12.6. The number of ether oxygens (including phenoxy) is 5. The summed E-state index contributed by atoms with van der Waals surface area (Å²) in [5.74, 6) is -0.693. The smallest absolute Gasteiger partial charge is 0.337 e. The Balaban J connectivity index is 0.000000286. The molecular weight excluding hydrogens is 682 g/mol. The second-order valence-corrected chi connectivity index (χ2v) is 14.0. The lowest BCUT2D eigenvalue weighted by atomic mass is 9.77. The van der Waals surface area contributed by atoms with Crippen molar-refractivity contribution in [1.29, 1.82) is 0 Å². The number of aliphatic hydroxyl groups is 1. The number of halogens is 2. The number of benzene rings is 4. The number of carbonyl (C=O) groups is 2. The molecule has 286 valence electrons. The van der Waals surface area contributed by atoms with Crippen molar-refractivity contribution >= 4 is 11.9 Å². The third-order valence-corrected chi connectivity index (χ3v) is 9.96. The standard InChI is InChI=1S/C22H27FO4.C21H25FO4/c1-7-22(2,3)20(26-5)18-12-14(21(24)27-6)8-10-16(18)17-13-15(25-4)9-11-19(17)23;1-6-21(2,3)19(23)17-11-13(20(24)26-5)7-9-15(17)16-12-14(25-4)8-10-18(16)22/h8-13,20H,7H2,1-6H3;7-12,19,23H,6H2,1-5H3. The Hall–Kier alpha value is -4.80. The van der Waals surface area contributed by atoms with Crippen molar-refractivity contribution in [3.8, 4) is 33.8 Å². The number of methoxy groups -OCH3 is 5. The van der Waals surface area contributed by atoms with Gasteiger partial charge in [0.1, 0.15) is 23.1 Å². The molecule has 0 saturated carbocycles. The van der Waals surface area contributed by atoms with Gasteiger partial charge in [-0.3, -0.25) is 0 Å². The van der Waals surface area contributed by atoms with Gasteiger partial charge < -0.3 is 28.8 Å². The summed E-state index contributed by atoms with van der Waals surface area (Å²) < 4.78 is 55.1. The first-order chi connectivity index (χ1) is 25.0. The van der Waals surface area contributed by atoms with Crippen LogP contribution in [-0.4, -0.2) is 52.6 Å². The van der Waals surface area contributed by atoms with E-state index in [1.807, 2.05) is 20.8 Å². The average molecular weight is 735 g/mol. The van der Waals surface area contributed by atoms with Crippen molar-refractivity contribution < 1.29 is 47.2 Å². The monoisotopic (exact) mass is 734 g/mol. The van der Waals surface area contributed by atoms with Gasteiger partial charge in [0.15, 0.2) is 0 Å². The van der Waals surface area contributed by atoms with Gasteiger partial charge in [0.2, 0.25) is 0 Å². The predicted octanol–water partition coefficient (Wildman–Crippen LogP) is 10.2. The topological polar surface area (TPSA) is 101 Å². The molecule has 0 bridgehead atoms. The molecule has 4 rings (SSSR count). The SMILES string of the molecule is CCC(C)(C)C(O)c1cc(C(=O)OC)ccc1-c1cc(OC)ccc1F.CCC(C)(C)C(OC)c1cc(C(=O)OC)ccc1-c1cc(OC)ccc1F. The highest BCUT2D eigenvalue weighted by atomic mass is 19.1. The van der Waals surface area contributed by atoms with Crippen LogP contribution < -0.4 is 9.47 Å². The average Bonchev–Trinajstić information content (AvgIpc) is 3.17. The van der Waals surface area contributed by atoms with Gasteiger partial charge in [0.05, 0.1) is 51.8 Å². The van der Waals surface area contributed by atoms with Crippen molar-refractivity contribution in [2.75, 3.05) is 35.5 Å². The van der Waals surface area contributed by atoms with Crippen LogP contribution in [0.1, 0.15) is 98.4 Å². The first-order valence-electron chi connectivity index (χ1n) is 17.4. The van der Waals surface area contributed by atoms with Crippen LogP contribution in [0.3, 0.4) is 0 Å². The first kappa shape index (κ1) is 42.6. The summed E-state index contributed by atoms with van der Waals surface area (Å²) in [5, 5.41) is 11.0. The van der Waals surface area contributed by atoms with Gasteiger partial charge in [-0.2, -0.15) is 0 Å². The molecule has 53 heavy (non-hydrogen) atoms. The highest BCUT2D eigenvalue weighted by Gasteiger charge is 2.33. The summed E-state index contributed by atoms with van der Waals surface area (Å²) in [6.45, 7) is 12.1. The van der Waals surface area contributed by atoms with E-state index in [4.69, 9.17) is 23.7 Å². The minimum Gasteiger partial charge on any atom is -0.497 e. The Morgan fingerprint density at radius 3 is 1.40 bits per heavy atom. The molecule has 0 aliphatic carbocycles. The third-order valence-electron chi connectivity index (χ3n) is 9.96. The lowest BCUT2D eigenvalue weighted by Crippen LogP contribution is -2.24. The zero-order chi connectivity index (χ0) is 39.7. The molecule has 1 N–H and O–H groups in total. The van der Waals surface area contributed by atoms with Crippen LogP contribution in [0, 0.1) is 22.5 Å². The van der Waals surface area contributed by atoms with E-state index < -0.39 is 29.3 Å². The largest absolute Gasteiger partial charge is 0.497 e. The van der Waals surface area contributed by atoms with Crippen LogP contribution >= 0.6 is 0 Å². The second-order valence-electron chi connectivity index (χ2n) is 14.0. The molecule has 0 heterocycles. The van der Waals surface area contributed by atoms with Gasteiger partial charge in [-0.25, -0.2) is 18.4 Å². The number of rotatable bonds is 13. The van der Waals surface area contributed by atoms with Gasteiger partial charge in [0.25, 0.3) is 0 Å². The highest BCUT2D eigenvalue weighted by Crippen LogP contribution is 2.45. The number of aliphatic hydroxyl groups excluding tert-OH is 1. The Kier molecular flexibility index (Phi) is 14.7. The first-order valence-corrected chi connectivity index (χ1v) is 17.4. The van der Waals surface area contributed by atoms with Crippen molar-refractivity contribution in [3.63, 3.8) is 0 Å². The fraction of sp³-hybridized carbons (Fsp3) is 0.395. The van der Waals surface area contributed by atoms with Crippen molar-refractivity contribution in [3.05, 3.63) is 107 Å². The van der Waals surface area contributed by atoms with Gasteiger partial charge >= 0.3 is 11.9 Å². The van der Waals surface area contributed by atoms with Crippen LogP contribution in [-0.2, 0) is 14.2 Å². The van der Waals surface area contributed by atoms with Crippen LogP contribution in [0.2, 0.25) is 0 Å². The van der Waals surface area contributed by atoms with Crippen LogP contribution in [0.5, 0.6) is 11.5 Å². The van der Waals surface area contributed by atoms with E-state index in [0.717, 1.165) is 12.0 Å². The second kappa shape index (κ2) is 18.3. The predicted molar refractivity (Wildman–Crippen MR) is 202 cm³/mol. The molecule has 0 aromatic heterocycles. The Bertz CT molecular complexity index is 1880. The molecule has 4 aromatic carbocycles. The molecule has 0 aliphatic rings. The van der Waals surface area contributed by atoms with Gasteiger partial charge in [0, 0.05) is 18.2 Å². The quantitative estimate of drug-likeness (QED) is 0.136. The fourth-order valence-corrected chi connectivity index (χ4v) is 5.89. The summed E-state index contributed by atoms with van der Waals surface area (Å²) in [5.41, 5.74) is 3.11. The molecule has 4 aromatic rings. The van der Waals surface area contributed by atoms with Crippen LogP contribution in [0.4, 0.5) is 8.78 Å². The van der Waals surface area contributed by atoms with Crippen molar-refractivity contribution in [1.82, 2.24) is 0 Å². The third kappa shape index (κ3) is 9.80. The Morgan fingerprint density at radius 1 is 0.604 bits per heavy atom. The Labute approximate surface area is 312 Å². The van der Waals surface area contributed by atoms with E-state index in [0.29, 0.717) is 56.9 Å². The summed E-state index contributed by atoms with van der Waals surface area (Å²) in [4.78, 5) is 24.0. The highest BCUT2D eigenvalue weighted by molar-refractivity contribution is 5.91. The van der Waals surface area contributed by atoms with Gasteiger partial charge in [-0.1, -0.05) is 53.7 Å². The number of hydrogen-bond donors (Lipinski definition) is 1. The molecule has 10 heteroatoms. The van der Waals surface area contributed by atoms with E-state index >= 15 is 0 Å². The van der Waals surface area contributed by atoms with Crippen LogP contribution in [0.15, 0.2) is 72.8 Å². The molecule has 2 atom stereocenters. The zero-order valence-corrected chi connectivity index (χ0v) is 32.6. The van der Waals surface area contributed by atoms with E-state index in [-0.39, 0.29) is 17.3 Å². The molecule has 2 unspecified atom stereocenters. The van der Waals surface area contributed by atoms with E-state index in [1.165, 1.54) is 46.6 Å². The lowest BCUT2D eigenvalue weighted by molar-refractivity contribution is 0.00322. The van der Waals surface area contributed by atoms with E-state index in [2.05, 4.69) is 20.8 Å². The van der Waals surface area contributed by atoms with Crippen LogP contribution in [0.25, 0.3) is 22.3 Å². The maximum absolute atomic E-state index is 14.7. The number of hydrogen-bond acceptors (Lipinski definition) is 8.